The van der Waals surface area contributed by atoms with Gasteiger partial charge in [0.25, 0.3) is 0 Å². The fraction of sp³-hybridized carbons (Fsp3) is 0.333. The van der Waals surface area contributed by atoms with E-state index in [4.69, 9.17) is 11.6 Å². The molecule has 0 fully saturated rings. The van der Waals surface area contributed by atoms with E-state index >= 15 is 0 Å². The number of nitrogens with zero attached hydrogens (tertiary/aromatic N) is 2. The van der Waals surface area contributed by atoms with Gasteiger partial charge in [-0.25, -0.2) is 4.98 Å². The average molecular weight is 474 g/mol. The lowest BCUT2D eigenvalue weighted by molar-refractivity contribution is 0.757. The second kappa shape index (κ2) is 12.8. The van der Waals surface area contributed by atoms with Crippen molar-refractivity contribution >= 4 is 47.2 Å². The van der Waals surface area contributed by atoms with Crippen LogP contribution in [-0.2, 0) is 6.42 Å². The van der Waals surface area contributed by atoms with E-state index in [1.807, 2.05) is 30.3 Å². The van der Waals surface area contributed by atoms with Gasteiger partial charge in [0.15, 0.2) is 5.96 Å². The molecule has 0 aliphatic rings. The molecule has 2 rings (SSSR count). The molecule has 0 unspecified atom stereocenters. The molecule has 0 saturated carbocycles. The number of anilines is 1. The standard InChI is InChI=1S/C18H24ClN5.HI/c1-20-18(23-13-10-15-8-9-17(19)24-14-15)22-12-5-11-21-16-6-3-2-4-7-16;/h2-4,6-9,14,21H,5,10-13H2,1H3,(H2,20,22,23);1H. The fourth-order valence-electron chi connectivity index (χ4n) is 2.18. The van der Waals surface area contributed by atoms with E-state index in [0.29, 0.717) is 5.15 Å². The minimum atomic E-state index is 0. The second-order valence-corrected chi connectivity index (χ2v) is 5.70. The zero-order valence-electron chi connectivity index (χ0n) is 14.3. The Hall–Kier alpha value is -1.54. The molecule has 0 spiro atoms. The normalized spacial score (nSPS) is 10.7. The van der Waals surface area contributed by atoms with Gasteiger partial charge in [-0.1, -0.05) is 35.9 Å². The van der Waals surface area contributed by atoms with Gasteiger partial charge >= 0.3 is 0 Å². The van der Waals surface area contributed by atoms with Crippen LogP contribution in [0.3, 0.4) is 0 Å². The number of aliphatic imine (C=N–C) groups is 1. The molecule has 0 saturated heterocycles. The second-order valence-electron chi connectivity index (χ2n) is 5.31. The van der Waals surface area contributed by atoms with Gasteiger partial charge < -0.3 is 16.0 Å². The van der Waals surface area contributed by atoms with Gasteiger partial charge in [-0.3, -0.25) is 4.99 Å². The number of hydrogen-bond acceptors (Lipinski definition) is 3. The van der Waals surface area contributed by atoms with E-state index in [1.165, 1.54) is 0 Å². The molecule has 1 aromatic carbocycles. The molecule has 2 aromatic rings. The van der Waals surface area contributed by atoms with Gasteiger partial charge in [-0.05, 0) is 36.6 Å². The first-order chi connectivity index (χ1) is 11.8. The van der Waals surface area contributed by atoms with Crippen molar-refractivity contribution in [3.05, 3.63) is 59.4 Å². The minimum Gasteiger partial charge on any atom is -0.385 e. The van der Waals surface area contributed by atoms with Crippen LogP contribution in [0.4, 0.5) is 5.69 Å². The van der Waals surface area contributed by atoms with Gasteiger partial charge in [0.05, 0.1) is 0 Å². The number of hydrogen-bond donors (Lipinski definition) is 3. The molecule has 136 valence electrons. The highest BCUT2D eigenvalue weighted by molar-refractivity contribution is 14.0. The molecule has 7 heteroatoms. The van der Waals surface area contributed by atoms with Gasteiger partial charge in [0, 0.05) is 38.6 Å². The first-order valence-corrected chi connectivity index (χ1v) is 8.49. The summed E-state index contributed by atoms with van der Waals surface area (Å²) in [4.78, 5) is 8.30. The molecule has 1 aromatic heterocycles. The van der Waals surface area contributed by atoms with Crippen molar-refractivity contribution in [3.63, 3.8) is 0 Å². The van der Waals surface area contributed by atoms with E-state index in [9.17, 15) is 0 Å². The third-order valence-corrected chi connectivity index (χ3v) is 3.69. The molecule has 0 radical (unpaired) electrons. The Morgan fingerprint density at radius 3 is 2.48 bits per heavy atom. The van der Waals surface area contributed by atoms with Crippen molar-refractivity contribution in [2.45, 2.75) is 12.8 Å². The third-order valence-electron chi connectivity index (χ3n) is 3.47. The van der Waals surface area contributed by atoms with Crippen LogP contribution in [0.2, 0.25) is 5.15 Å². The lowest BCUT2D eigenvalue weighted by Gasteiger charge is -2.12. The Morgan fingerprint density at radius 1 is 1.04 bits per heavy atom. The molecular formula is C18H25ClIN5. The van der Waals surface area contributed by atoms with Crippen molar-refractivity contribution in [1.82, 2.24) is 15.6 Å². The highest BCUT2D eigenvalue weighted by Gasteiger charge is 1.98. The Morgan fingerprint density at radius 2 is 1.80 bits per heavy atom. The van der Waals surface area contributed by atoms with Gasteiger partial charge in [-0.15, -0.1) is 24.0 Å². The number of aromatic nitrogens is 1. The number of rotatable bonds is 8. The number of para-hydroxylation sites is 1. The summed E-state index contributed by atoms with van der Waals surface area (Å²) in [5.74, 6) is 0.816. The van der Waals surface area contributed by atoms with Gasteiger partial charge in [0.1, 0.15) is 5.15 Å². The van der Waals surface area contributed by atoms with Crippen LogP contribution in [0.1, 0.15) is 12.0 Å². The molecule has 25 heavy (non-hydrogen) atoms. The number of pyridine rings is 1. The van der Waals surface area contributed by atoms with Crippen molar-refractivity contribution in [1.29, 1.82) is 0 Å². The van der Waals surface area contributed by atoms with E-state index in [-0.39, 0.29) is 24.0 Å². The minimum absolute atomic E-state index is 0. The summed E-state index contributed by atoms with van der Waals surface area (Å²) in [6, 6.07) is 14.0. The molecule has 0 aliphatic heterocycles. The molecule has 5 nitrogen and oxygen atoms in total. The van der Waals surface area contributed by atoms with Gasteiger partial charge in [-0.2, -0.15) is 0 Å². The van der Waals surface area contributed by atoms with E-state index < -0.39 is 0 Å². The maximum absolute atomic E-state index is 5.78. The molecule has 0 aliphatic carbocycles. The van der Waals surface area contributed by atoms with Crippen LogP contribution in [0.5, 0.6) is 0 Å². The van der Waals surface area contributed by atoms with Crippen LogP contribution in [0.15, 0.2) is 53.7 Å². The van der Waals surface area contributed by atoms with Crippen molar-refractivity contribution in [2.24, 2.45) is 4.99 Å². The lowest BCUT2D eigenvalue weighted by Crippen LogP contribution is -2.39. The highest BCUT2D eigenvalue weighted by atomic mass is 127. The third kappa shape index (κ3) is 8.92. The summed E-state index contributed by atoms with van der Waals surface area (Å²) in [5.41, 5.74) is 2.30. The maximum Gasteiger partial charge on any atom is 0.190 e. The predicted molar refractivity (Wildman–Crippen MR) is 117 cm³/mol. The van der Waals surface area contributed by atoms with Gasteiger partial charge in [0.2, 0.25) is 0 Å². The highest BCUT2D eigenvalue weighted by Crippen LogP contribution is 2.05. The largest absolute Gasteiger partial charge is 0.385 e. The fourth-order valence-corrected chi connectivity index (χ4v) is 2.30. The quantitative estimate of drug-likeness (QED) is 0.180. The van der Waals surface area contributed by atoms with Crippen LogP contribution in [0, 0.1) is 0 Å². The van der Waals surface area contributed by atoms with Crippen molar-refractivity contribution in [3.8, 4) is 0 Å². The molecule has 1 heterocycles. The maximum atomic E-state index is 5.78. The molecule has 0 atom stereocenters. The summed E-state index contributed by atoms with van der Waals surface area (Å²) in [6.07, 6.45) is 3.69. The number of halogens is 2. The molecular weight excluding hydrogens is 449 g/mol. The zero-order chi connectivity index (χ0) is 17.0. The SMILES string of the molecule is CN=C(NCCCNc1ccccc1)NCCc1ccc(Cl)nc1.I. The Kier molecular flexibility index (Phi) is 11.0. The van der Waals surface area contributed by atoms with E-state index in [1.54, 1.807) is 13.2 Å². The van der Waals surface area contributed by atoms with Crippen LogP contribution in [-0.4, -0.2) is 37.6 Å². The number of nitrogens with one attached hydrogen (secondary N) is 3. The van der Waals surface area contributed by atoms with E-state index in [0.717, 1.165) is 49.7 Å². The topological polar surface area (TPSA) is 61.3 Å². The zero-order valence-corrected chi connectivity index (χ0v) is 17.4. The summed E-state index contributed by atoms with van der Waals surface area (Å²) in [6.45, 7) is 2.58. The smallest absolute Gasteiger partial charge is 0.190 e. The van der Waals surface area contributed by atoms with Crippen molar-refractivity contribution < 1.29 is 0 Å². The Labute approximate surface area is 171 Å². The summed E-state index contributed by atoms with van der Waals surface area (Å²) >= 11 is 5.78. The molecule has 0 bridgehead atoms. The first kappa shape index (κ1) is 21.5. The summed E-state index contributed by atoms with van der Waals surface area (Å²) in [7, 11) is 1.78. The average Bonchev–Trinajstić information content (AvgIpc) is 2.62. The Bertz CT molecular complexity index is 619. The monoisotopic (exact) mass is 473 g/mol. The van der Waals surface area contributed by atoms with E-state index in [2.05, 4.69) is 38.1 Å². The van der Waals surface area contributed by atoms with Crippen LogP contribution >= 0.6 is 35.6 Å². The van der Waals surface area contributed by atoms with Crippen LogP contribution < -0.4 is 16.0 Å². The first-order valence-electron chi connectivity index (χ1n) is 8.12. The summed E-state index contributed by atoms with van der Waals surface area (Å²) < 4.78 is 0. The van der Waals surface area contributed by atoms with Crippen LogP contribution in [0.25, 0.3) is 0 Å². The number of guanidine groups is 1. The number of benzene rings is 1. The van der Waals surface area contributed by atoms with Crippen molar-refractivity contribution in [2.75, 3.05) is 32.0 Å². The predicted octanol–water partition coefficient (Wildman–Crippen LogP) is 3.56. The summed E-state index contributed by atoms with van der Waals surface area (Å²) in [5, 5.41) is 10.5. The molecule has 0 amide bonds. The Balaban J connectivity index is 0.00000312. The lowest BCUT2D eigenvalue weighted by atomic mass is 10.2. The molecule has 3 N–H and O–H groups in total.